The number of halogens is 2. The summed E-state index contributed by atoms with van der Waals surface area (Å²) in [4.78, 5) is 17.6. The van der Waals surface area contributed by atoms with Crippen LogP contribution in [0.15, 0.2) is 21.4 Å². The Labute approximate surface area is 242 Å². The number of aromatic nitrogens is 3. The number of esters is 1. The van der Waals surface area contributed by atoms with Crippen LogP contribution in [0.25, 0.3) is 21.3 Å². The Kier molecular flexibility index (Phi) is 8.50. The Hall–Kier alpha value is -2.05. The quantitative estimate of drug-likeness (QED) is 0.277. The van der Waals surface area contributed by atoms with Crippen LogP contribution in [-0.2, 0) is 32.4 Å². The van der Waals surface area contributed by atoms with Crippen molar-refractivity contribution in [1.82, 2.24) is 19.9 Å². The molecule has 1 saturated carbocycles. The lowest BCUT2D eigenvalue weighted by atomic mass is 9.82. The average molecular weight is 616 g/mol. The number of nitrogens with zero attached hydrogens (tertiary/aromatic N) is 3. The monoisotopic (exact) mass is 614 g/mol. The molecular weight excluding hydrogens is 583 g/mol. The van der Waals surface area contributed by atoms with Crippen LogP contribution in [-0.4, -0.2) is 42.2 Å². The first-order valence-electron chi connectivity index (χ1n) is 12.5. The van der Waals surface area contributed by atoms with Crippen molar-refractivity contribution in [2.24, 2.45) is 11.3 Å². The molecule has 1 N–H and O–H groups in total. The molecule has 1 aromatic carbocycles. The predicted molar refractivity (Wildman–Crippen MR) is 151 cm³/mol. The lowest BCUT2D eigenvalue weighted by Gasteiger charge is -2.25. The van der Waals surface area contributed by atoms with E-state index in [1.54, 1.807) is 40.7 Å². The summed E-state index contributed by atoms with van der Waals surface area (Å²) >= 11 is 14.6. The minimum absolute atomic E-state index is 0.0550. The summed E-state index contributed by atoms with van der Waals surface area (Å²) in [7, 11) is -2.56. The number of ether oxygens (including phenoxy) is 1. The van der Waals surface area contributed by atoms with Crippen molar-refractivity contribution >= 4 is 50.5 Å². The third-order valence-electron chi connectivity index (χ3n) is 6.41. The second kappa shape index (κ2) is 11.1. The highest BCUT2D eigenvalue weighted by atomic mass is 35.5. The standard InChI is InChI=1S/C26H32Cl2N4O5S2/c1-25(2,3)32-39(34,35)17-11-10-15(19(27)20(17)28)21-16(12-14-8-7-9-14)29-23(38-21)22-31-30-18(37-22)13-26(4,5)24(33)36-6/h10-11,14,32H,7-9,12-13H2,1-6H3. The number of hydrogen-bond acceptors (Lipinski definition) is 9. The van der Waals surface area contributed by atoms with E-state index in [4.69, 9.17) is 37.3 Å². The van der Waals surface area contributed by atoms with Crippen LogP contribution in [0.3, 0.4) is 0 Å². The van der Waals surface area contributed by atoms with Crippen molar-refractivity contribution in [3.8, 4) is 21.3 Å². The van der Waals surface area contributed by atoms with Gasteiger partial charge in [0.25, 0.3) is 5.89 Å². The van der Waals surface area contributed by atoms with Gasteiger partial charge in [0.2, 0.25) is 15.9 Å². The number of carbonyl (C=O) groups is 1. The normalized spacial score (nSPS) is 14.9. The molecule has 3 aromatic rings. The lowest BCUT2D eigenvalue weighted by Crippen LogP contribution is -2.40. The maximum absolute atomic E-state index is 13.0. The smallest absolute Gasteiger partial charge is 0.311 e. The minimum atomic E-state index is -3.90. The topological polar surface area (TPSA) is 124 Å². The highest BCUT2D eigenvalue weighted by Crippen LogP contribution is 2.44. The first kappa shape index (κ1) is 29.9. The van der Waals surface area contributed by atoms with Crippen molar-refractivity contribution in [2.45, 2.75) is 77.2 Å². The Morgan fingerprint density at radius 2 is 1.85 bits per heavy atom. The molecule has 2 aromatic heterocycles. The molecule has 9 nitrogen and oxygen atoms in total. The highest BCUT2D eigenvalue weighted by molar-refractivity contribution is 7.89. The zero-order valence-corrected chi connectivity index (χ0v) is 25.9. The van der Waals surface area contributed by atoms with Gasteiger partial charge in [-0.3, -0.25) is 4.79 Å². The van der Waals surface area contributed by atoms with Gasteiger partial charge in [-0.15, -0.1) is 21.5 Å². The van der Waals surface area contributed by atoms with E-state index < -0.39 is 21.0 Å². The van der Waals surface area contributed by atoms with Crippen LogP contribution in [0.2, 0.25) is 10.0 Å². The summed E-state index contributed by atoms with van der Waals surface area (Å²) in [5.41, 5.74) is -0.127. The van der Waals surface area contributed by atoms with Crippen molar-refractivity contribution in [2.75, 3.05) is 7.11 Å². The van der Waals surface area contributed by atoms with Crippen molar-refractivity contribution in [1.29, 1.82) is 0 Å². The minimum Gasteiger partial charge on any atom is -0.469 e. The molecule has 0 amide bonds. The third-order valence-corrected chi connectivity index (χ3v) is 10.3. The van der Waals surface area contributed by atoms with E-state index in [9.17, 15) is 13.2 Å². The van der Waals surface area contributed by atoms with E-state index in [1.807, 2.05) is 0 Å². The largest absolute Gasteiger partial charge is 0.469 e. The highest BCUT2D eigenvalue weighted by Gasteiger charge is 2.33. The zero-order chi connectivity index (χ0) is 28.8. The van der Waals surface area contributed by atoms with Gasteiger partial charge < -0.3 is 9.15 Å². The fraction of sp³-hybridized carbons (Fsp3) is 0.538. The van der Waals surface area contributed by atoms with Gasteiger partial charge in [0.15, 0.2) is 5.01 Å². The van der Waals surface area contributed by atoms with Crippen molar-refractivity contribution in [3.05, 3.63) is 33.8 Å². The fourth-order valence-corrected chi connectivity index (χ4v) is 7.66. The van der Waals surface area contributed by atoms with E-state index in [-0.39, 0.29) is 33.2 Å². The van der Waals surface area contributed by atoms with Crippen molar-refractivity contribution in [3.63, 3.8) is 0 Å². The maximum atomic E-state index is 13.0. The molecular formula is C26H32Cl2N4O5S2. The number of benzene rings is 1. The van der Waals surface area contributed by atoms with Crippen LogP contribution >= 0.6 is 34.5 Å². The first-order chi connectivity index (χ1) is 18.1. The summed E-state index contributed by atoms with van der Waals surface area (Å²) < 4.78 is 39.3. The molecule has 0 saturated heterocycles. The van der Waals surface area contributed by atoms with Gasteiger partial charge in [-0.1, -0.05) is 48.5 Å². The summed E-state index contributed by atoms with van der Waals surface area (Å²) in [6, 6.07) is 3.12. The molecule has 0 bridgehead atoms. The number of methoxy groups -OCH3 is 1. The van der Waals surface area contributed by atoms with Gasteiger partial charge >= 0.3 is 5.97 Å². The lowest BCUT2D eigenvalue weighted by molar-refractivity contribution is -0.150. The molecule has 4 rings (SSSR count). The van der Waals surface area contributed by atoms with Gasteiger partial charge in [-0.25, -0.2) is 18.1 Å². The molecule has 0 atom stereocenters. The molecule has 1 aliphatic carbocycles. The van der Waals surface area contributed by atoms with Crippen LogP contribution in [0.4, 0.5) is 0 Å². The Balaban J connectivity index is 1.72. The third kappa shape index (κ3) is 6.65. The Morgan fingerprint density at radius 3 is 2.44 bits per heavy atom. The molecule has 0 aliphatic heterocycles. The number of thiazole rings is 1. The summed E-state index contributed by atoms with van der Waals surface area (Å²) in [5, 5.41) is 8.87. The SMILES string of the molecule is COC(=O)C(C)(C)Cc1nnc(-c2nc(CC3CCC3)c(-c3ccc(S(=O)(=O)NC(C)(C)C)c(Cl)c3Cl)s2)o1. The van der Waals surface area contributed by atoms with Crippen LogP contribution in [0.5, 0.6) is 0 Å². The van der Waals surface area contributed by atoms with E-state index in [2.05, 4.69) is 14.9 Å². The molecule has 0 spiro atoms. The second-order valence-corrected chi connectivity index (χ2v) is 14.8. The van der Waals surface area contributed by atoms with Gasteiger partial charge in [0.1, 0.15) is 4.90 Å². The van der Waals surface area contributed by atoms with Crippen LogP contribution in [0.1, 0.15) is 65.5 Å². The number of carbonyl (C=O) groups excluding carboxylic acids is 1. The van der Waals surface area contributed by atoms with E-state index in [0.29, 0.717) is 22.4 Å². The molecule has 13 heteroatoms. The second-order valence-electron chi connectivity index (χ2n) is 11.4. The van der Waals surface area contributed by atoms with Gasteiger partial charge in [-0.2, -0.15) is 0 Å². The average Bonchev–Trinajstić information content (AvgIpc) is 3.42. The number of hydrogen-bond donors (Lipinski definition) is 1. The first-order valence-corrected chi connectivity index (χ1v) is 15.6. The predicted octanol–water partition coefficient (Wildman–Crippen LogP) is 6.33. The number of nitrogens with one attached hydrogen (secondary N) is 1. The molecule has 1 fully saturated rings. The van der Waals surface area contributed by atoms with Crippen molar-refractivity contribution < 1.29 is 22.4 Å². The van der Waals surface area contributed by atoms with E-state index in [1.165, 1.54) is 30.9 Å². The van der Waals surface area contributed by atoms with Crippen LogP contribution in [0, 0.1) is 11.3 Å². The fourth-order valence-electron chi connectivity index (χ4n) is 4.27. The Bertz CT molecular complexity index is 1490. The van der Waals surface area contributed by atoms with Gasteiger partial charge in [0.05, 0.1) is 33.1 Å². The number of sulfonamides is 1. The van der Waals surface area contributed by atoms with Gasteiger partial charge in [-0.05, 0) is 53.0 Å². The molecule has 212 valence electrons. The molecule has 0 radical (unpaired) electrons. The maximum Gasteiger partial charge on any atom is 0.311 e. The zero-order valence-electron chi connectivity index (χ0n) is 22.7. The molecule has 2 heterocycles. The van der Waals surface area contributed by atoms with E-state index in [0.717, 1.165) is 29.8 Å². The summed E-state index contributed by atoms with van der Waals surface area (Å²) in [6.45, 7) is 8.74. The molecule has 0 unspecified atom stereocenters. The molecule has 39 heavy (non-hydrogen) atoms. The summed E-state index contributed by atoms with van der Waals surface area (Å²) in [6.07, 6.45) is 4.36. The Morgan fingerprint density at radius 1 is 1.15 bits per heavy atom. The molecule has 1 aliphatic rings. The van der Waals surface area contributed by atoms with Gasteiger partial charge in [0, 0.05) is 17.5 Å². The van der Waals surface area contributed by atoms with E-state index >= 15 is 0 Å². The summed E-state index contributed by atoms with van der Waals surface area (Å²) in [5.74, 6) is 0.645. The number of rotatable bonds is 9. The van der Waals surface area contributed by atoms with Crippen LogP contribution < -0.4 is 4.72 Å².